The van der Waals surface area contributed by atoms with Crippen LogP contribution in [0.5, 0.6) is 0 Å². The van der Waals surface area contributed by atoms with Crippen LogP contribution in [0.15, 0.2) is 0 Å². The fourth-order valence-electron chi connectivity index (χ4n) is 2.05. The molecule has 0 aromatic carbocycles. The molecule has 0 amide bonds. The van der Waals surface area contributed by atoms with Gasteiger partial charge in [-0.3, -0.25) is 0 Å². The fourth-order valence-corrected chi connectivity index (χ4v) is 4.09. The number of hydrogen-bond donors (Lipinski definition) is 1. The Morgan fingerprint density at radius 3 is 2.75 bits per heavy atom. The summed E-state index contributed by atoms with van der Waals surface area (Å²) >= 11 is -0.442. The van der Waals surface area contributed by atoms with Gasteiger partial charge in [-0.2, -0.15) is 0 Å². The van der Waals surface area contributed by atoms with Gasteiger partial charge in [0.05, 0.1) is 0 Å². The van der Waals surface area contributed by atoms with E-state index >= 15 is 0 Å². The quantitative estimate of drug-likeness (QED) is 0.472. The monoisotopic (exact) mass is 340 g/mol. The summed E-state index contributed by atoms with van der Waals surface area (Å²) < 4.78 is 12.4. The topological polar surface area (TPSA) is 55.8 Å². The molecule has 4 nitrogen and oxygen atoms in total. The molecule has 1 aliphatic heterocycles. The first-order valence-electron chi connectivity index (χ1n) is 5.72. The van der Waals surface area contributed by atoms with E-state index in [2.05, 4.69) is 6.92 Å². The summed E-state index contributed by atoms with van der Waals surface area (Å²) in [5, 5.41) is 9.86. The summed E-state index contributed by atoms with van der Waals surface area (Å²) in [5.74, 6) is -1.13. The molecular formula is C11H17IO4. The molecule has 1 heterocycles. The Morgan fingerprint density at radius 2 is 2.19 bits per heavy atom. The highest BCUT2D eigenvalue weighted by Gasteiger charge is 2.47. The molecule has 1 saturated carbocycles. The molecule has 1 atom stereocenters. The lowest BCUT2D eigenvalue weighted by Crippen LogP contribution is -2.50. The van der Waals surface area contributed by atoms with E-state index in [0.717, 1.165) is 36.5 Å². The van der Waals surface area contributed by atoms with Gasteiger partial charge in [0.2, 0.25) is 5.79 Å². The van der Waals surface area contributed by atoms with Crippen molar-refractivity contribution in [2.45, 2.75) is 51.1 Å². The van der Waals surface area contributed by atoms with Gasteiger partial charge in [-0.25, -0.2) is 4.79 Å². The number of carbonyl (C=O) groups excluding carboxylic acids is 1. The van der Waals surface area contributed by atoms with Crippen LogP contribution in [0.1, 0.15) is 39.0 Å². The van der Waals surface area contributed by atoms with Crippen LogP contribution < -0.4 is 0 Å². The lowest BCUT2D eigenvalue weighted by atomic mass is 10.2. The van der Waals surface area contributed by atoms with Crippen molar-refractivity contribution in [3.05, 3.63) is 0 Å². The van der Waals surface area contributed by atoms with Crippen LogP contribution in [0.2, 0.25) is 0 Å². The Labute approximate surface area is 105 Å². The van der Waals surface area contributed by atoms with Crippen LogP contribution in [-0.4, -0.2) is 31.1 Å². The van der Waals surface area contributed by atoms with Crippen LogP contribution in [0.3, 0.4) is 0 Å². The lowest BCUT2D eigenvalue weighted by molar-refractivity contribution is -0.276. The third kappa shape index (κ3) is 2.46. The van der Waals surface area contributed by atoms with E-state index < -0.39 is 32.8 Å². The molecule has 1 saturated heterocycles. The Balaban J connectivity index is 2.10. The zero-order valence-corrected chi connectivity index (χ0v) is 11.5. The van der Waals surface area contributed by atoms with Gasteiger partial charge in [-0.15, -0.1) is 20.7 Å². The van der Waals surface area contributed by atoms with Crippen LogP contribution >= 0.6 is 20.7 Å². The number of halogens is 1. The minimum absolute atomic E-state index is 0.318. The van der Waals surface area contributed by atoms with Crippen molar-refractivity contribution < 1.29 is 19.4 Å². The van der Waals surface area contributed by atoms with Gasteiger partial charge < -0.3 is 14.6 Å². The Hall–Kier alpha value is -0.0100. The summed E-state index contributed by atoms with van der Waals surface area (Å²) in [5.41, 5.74) is 0. The third-order valence-corrected chi connectivity index (χ3v) is 6.22. The van der Waals surface area contributed by atoms with E-state index in [1.54, 1.807) is 0 Å². The molecule has 1 N–H and O–H groups in total. The first-order chi connectivity index (χ1) is 7.67. The van der Waals surface area contributed by atoms with Crippen LogP contribution in [0, 0.1) is 0 Å². The van der Waals surface area contributed by atoms with Crippen molar-refractivity contribution in [2.75, 3.05) is 4.43 Å². The number of aliphatic hydroxyl groups excluding tert-OH is 1. The van der Waals surface area contributed by atoms with E-state index in [1.165, 1.54) is 0 Å². The summed E-state index contributed by atoms with van der Waals surface area (Å²) in [6.45, 7) is 2.07. The number of ether oxygens (including phenoxy) is 2. The maximum absolute atomic E-state index is 11.8. The standard InChI is InChI=1S/C11H17IO4/c1-2-7-12-8-9(13)15-11(16-10(8)14)5-3-4-6-11/h9,13H,2-7H2,1H3. The average molecular weight is 340 g/mol. The zero-order chi connectivity index (χ0) is 11.6. The van der Waals surface area contributed by atoms with Gasteiger partial charge in [0, 0.05) is 12.8 Å². The molecule has 0 bridgehead atoms. The Bertz CT molecular complexity index is 307. The van der Waals surface area contributed by atoms with E-state index in [-0.39, 0.29) is 5.97 Å². The van der Waals surface area contributed by atoms with Crippen molar-refractivity contribution in [3.63, 3.8) is 0 Å². The predicted molar refractivity (Wildman–Crippen MR) is 68.6 cm³/mol. The molecule has 92 valence electrons. The van der Waals surface area contributed by atoms with Crippen molar-refractivity contribution in [1.29, 1.82) is 0 Å². The van der Waals surface area contributed by atoms with Crippen LogP contribution in [0.4, 0.5) is 0 Å². The van der Waals surface area contributed by atoms with Gasteiger partial charge in [0.1, 0.15) is 3.51 Å². The predicted octanol–water partition coefficient (Wildman–Crippen LogP) is 1.70. The van der Waals surface area contributed by atoms with Crippen LogP contribution in [-0.2, 0) is 14.3 Å². The summed E-state index contributed by atoms with van der Waals surface area (Å²) in [6.07, 6.45) is 3.45. The molecule has 0 aromatic heterocycles. The molecule has 1 aliphatic carbocycles. The van der Waals surface area contributed by atoms with Crippen LogP contribution in [0.25, 0.3) is 0 Å². The van der Waals surface area contributed by atoms with Gasteiger partial charge in [0.15, 0.2) is 6.29 Å². The summed E-state index contributed by atoms with van der Waals surface area (Å²) in [7, 11) is 0. The SMILES string of the molecule is CCCI=C1C(=O)OC2(CCCC2)OC1O. The molecule has 0 aromatic rings. The summed E-state index contributed by atoms with van der Waals surface area (Å²) in [4.78, 5) is 11.8. The second-order valence-electron chi connectivity index (χ2n) is 4.15. The molecule has 2 aliphatic rings. The highest BCUT2D eigenvalue weighted by Crippen LogP contribution is 2.38. The number of aliphatic hydroxyl groups is 1. The van der Waals surface area contributed by atoms with Crippen molar-refractivity contribution >= 4 is 30.2 Å². The fraction of sp³-hybridized carbons (Fsp3) is 0.818. The average Bonchev–Trinajstić information content (AvgIpc) is 2.65. The molecule has 5 heteroatoms. The molecule has 2 rings (SSSR count). The summed E-state index contributed by atoms with van der Waals surface area (Å²) in [6, 6.07) is 0. The number of esters is 1. The number of rotatable bonds is 2. The highest BCUT2D eigenvalue weighted by molar-refractivity contribution is 14.2. The zero-order valence-electron chi connectivity index (χ0n) is 9.37. The largest absolute Gasteiger partial charge is 0.429 e. The molecule has 1 unspecified atom stereocenters. The normalized spacial score (nSPS) is 31.5. The second kappa shape index (κ2) is 5.10. The maximum atomic E-state index is 11.8. The second-order valence-corrected chi connectivity index (χ2v) is 7.15. The van der Waals surface area contributed by atoms with Gasteiger partial charge >= 0.3 is 5.97 Å². The van der Waals surface area contributed by atoms with Gasteiger partial charge in [-0.1, -0.05) is 6.92 Å². The number of alkyl halides is 1. The minimum atomic E-state index is -1.02. The van der Waals surface area contributed by atoms with E-state index in [4.69, 9.17) is 9.47 Å². The molecular weight excluding hydrogens is 323 g/mol. The Kier molecular flexibility index (Phi) is 3.97. The first kappa shape index (κ1) is 12.4. The number of hydrogen-bond acceptors (Lipinski definition) is 4. The molecule has 1 spiro atoms. The van der Waals surface area contributed by atoms with Crippen molar-refractivity contribution in [3.8, 4) is 0 Å². The first-order valence-corrected chi connectivity index (χ1v) is 8.32. The third-order valence-electron chi connectivity index (χ3n) is 2.81. The number of carbonyl (C=O) groups is 1. The van der Waals surface area contributed by atoms with E-state index in [9.17, 15) is 9.90 Å². The molecule has 0 radical (unpaired) electrons. The minimum Gasteiger partial charge on any atom is -0.429 e. The van der Waals surface area contributed by atoms with E-state index in [0.29, 0.717) is 3.51 Å². The molecule has 16 heavy (non-hydrogen) atoms. The highest BCUT2D eigenvalue weighted by atomic mass is 127. The van der Waals surface area contributed by atoms with Crippen molar-refractivity contribution in [1.82, 2.24) is 0 Å². The molecule has 2 fully saturated rings. The smallest absolute Gasteiger partial charge is 0.347 e. The van der Waals surface area contributed by atoms with Gasteiger partial charge in [0.25, 0.3) is 0 Å². The Morgan fingerprint density at radius 1 is 1.50 bits per heavy atom. The maximum Gasteiger partial charge on any atom is 0.347 e. The van der Waals surface area contributed by atoms with Crippen molar-refractivity contribution in [2.24, 2.45) is 0 Å². The van der Waals surface area contributed by atoms with E-state index in [1.807, 2.05) is 0 Å². The lowest BCUT2D eigenvalue weighted by Gasteiger charge is -2.36. The van der Waals surface area contributed by atoms with Gasteiger partial charge in [-0.05, 0) is 23.7 Å².